The van der Waals surface area contributed by atoms with Crippen LogP contribution in [0.15, 0.2) is 36.4 Å². The summed E-state index contributed by atoms with van der Waals surface area (Å²) in [5.41, 5.74) is 3.41. The van der Waals surface area contributed by atoms with Gasteiger partial charge in [0.05, 0.1) is 25.8 Å². The van der Waals surface area contributed by atoms with Gasteiger partial charge in [0, 0.05) is 18.3 Å². The third-order valence-electron chi connectivity index (χ3n) is 4.56. The van der Waals surface area contributed by atoms with Gasteiger partial charge in [-0.2, -0.15) is 0 Å². The number of benzene rings is 3. The third kappa shape index (κ3) is 3.05. The lowest BCUT2D eigenvalue weighted by Gasteiger charge is -2.24. The summed E-state index contributed by atoms with van der Waals surface area (Å²) in [6.07, 6.45) is 4.12. The summed E-state index contributed by atoms with van der Waals surface area (Å²) in [6, 6.07) is 11.6. The highest BCUT2D eigenvalue weighted by Crippen LogP contribution is 2.43. The Hall–Kier alpha value is -1.91. The van der Waals surface area contributed by atoms with E-state index in [9.17, 15) is 0 Å². The third-order valence-corrected chi connectivity index (χ3v) is 6.11. The molecule has 3 aromatic carbocycles. The Morgan fingerprint density at radius 2 is 1.67 bits per heavy atom. The molecule has 0 atom stereocenters. The number of guanidine groups is 1. The molecule has 0 heterocycles. The molecule has 0 radical (unpaired) electrons. The fraction of sp³-hybridized carbons (Fsp3) is 0.0500. The maximum Gasteiger partial charge on any atom is 0.199 e. The van der Waals surface area contributed by atoms with E-state index in [2.05, 4.69) is 23.5 Å². The number of nitrogens with one attached hydrogen (secondary N) is 2. The van der Waals surface area contributed by atoms with Gasteiger partial charge in [0.25, 0.3) is 0 Å². The summed E-state index contributed by atoms with van der Waals surface area (Å²) < 4.78 is 0. The fourth-order valence-corrected chi connectivity index (χ4v) is 4.26. The molecule has 0 aliphatic heterocycles. The smallest absolute Gasteiger partial charge is 0.199 e. The van der Waals surface area contributed by atoms with E-state index in [1.807, 2.05) is 24.3 Å². The zero-order valence-corrected chi connectivity index (χ0v) is 17.1. The SMILES string of the molecule is CN(C(=N)Nc1ccc2cccc3c2c1C=C3)c1c(Cl)c(Cl)cc(Cl)c1Cl. The van der Waals surface area contributed by atoms with Crippen LogP contribution in [0.4, 0.5) is 11.4 Å². The lowest BCUT2D eigenvalue weighted by molar-refractivity contribution is 1.21. The van der Waals surface area contributed by atoms with Crippen LogP contribution in [-0.2, 0) is 0 Å². The van der Waals surface area contributed by atoms with Crippen LogP contribution in [0, 0.1) is 5.41 Å². The number of nitrogens with zero attached hydrogens (tertiary/aromatic N) is 1. The lowest BCUT2D eigenvalue weighted by Crippen LogP contribution is -2.32. The van der Waals surface area contributed by atoms with Gasteiger partial charge in [-0.3, -0.25) is 5.41 Å². The zero-order valence-electron chi connectivity index (χ0n) is 14.1. The van der Waals surface area contributed by atoms with E-state index in [0.717, 1.165) is 16.6 Å². The van der Waals surface area contributed by atoms with Crippen LogP contribution in [0.1, 0.15) is 11.1 Å². The molecule has 27 heavy (non-hydrogen) atoms. The number of hydrogen-bond acceptors (Lipinski definition) is 1. The molecule has 0 fully saturated rings. The number of hydrogen-bond donors (Lipinski definition) is 2. The predicted molar refractivity (Wildman–Crippen MR) is 119 cm³/mol. The average molecular weight is 437 g/mol. The maximum absolute atomic E-state index is 8.49. The summed E-state index contributed by atoms with van der Waals surface area (Å²) in [6.45, 7) is 0. The van der Waals surface area contributed by atoms with E-state index in [-0.39, 0.29) is 26.1 Å². The molecule has 0 amide bonds. The van der Waals surface area contributed by atoms with E-state index in [4.69, 9.17) is 51.8 Å². The van der Waals surface area contributed by atoms with Gasteiger partial charge in [-0.1, -0.05) is 82.8 Å². The van der Waals surface area contributed by atoms with E-state index in [1.165, 1.54) is 21.9 Å². The maximum atomic E-state index is 8.49. The van der Waals surface area contributed by atoms with Crippen LogP contribution in [0.3, 0.4) is 0 Å². The Kier molecular flexibility index (Phi) is 4.73. The number of rotatable bonds is 2. The largest absolute Gasteiger partial charge is 0.326 e. The molecule has 0 saturated carbocycles. The topological polar surface area (TPSA) is 39.1 Å². The second-order valence-corrected chi connectivity index (χ2v) is 7.73. The van der Waals surface area contributed by atoms with Crippen LogP contribution in [0.2, 0.25) is 20.1 Å². The molecule has 0 saturated heterocycles. The van der Waals surface area contributed by atoms with Crippen LogP contribution in [-0.4, -0.2) is 13.0 Å². The molecule has 0 aromatic heterocycles. The fourth-order valence-electron chi connectivity index (χ4n) is 3.21. The number of halogens is 4. The normalized spacial score (nSPS) is 11.9. The molecule has 0 unspecified atom stereocenters. The minimum Gasteiger partial charge on any atom is -0.326 e. The van der Waals surface area contributed by atoms with Gasteiger partial charge in [0.15, 0.2) is 5.96 Å². The van der Waals surface area contributed by atoms with Crippen LogP contribution in [0.25, 0.3) is 22.9 Å². The first-order valence-electron chi connectivity index (χ1n) is 8.04. The van der Waals surface area contributed by atoms with Gasteiger partial charge in [-0.25, -0.2) is 0 Å². The molecule has 136 valence electrons. The molecule has 0 spiro atoms. The van der Waals surface area contributed by atoms with E-state index >= 15 is 0 Å². The summed E-state index contributed by atoms with van der Waals surface area (Å²) in [4.78, 5) is 1.52. The second-order valence-electron chi connectivity index (χ2n) is 6.15. The van der Waals surface area contributed by atoms with Crippen molar-refractivity contribution in [3.05, 3.63) is 67.6 Å². The van der Waals surface area contributed by atoms with E-state index in [1.54, 1.807) is 7.05 Å². The van der Waals surface area contributed by atoms with Gasteiger partial charge in [0.1, 0.15) is 0 Å². The van der Waals surface area contributed by atoms with Crippen molar-refractivity contribution in [1.82, 2.24) is 0 Å². The molecule has 1 aliphatic carbocycles. The summed E-state index contributed by atoms with van der Waals surface area (Å²) in [5.74, 6) is 0.0884. The van der Waals surface area contributed by atoms with Crippen molar-refractivity contribution >= 4 is 86.7 Å². The van der Waals surface area contributed by atoms with E-state index < -0.39 is 0 Å². The van der Waals surface area contributed by atoms with Crippen molar-refractivity contribution in [3.63, 3.8) is 0 Å². The van der Waals surface area contributed by atoms with Crippen molar-refractivity contribution in [1.29, 1.82) is 5.41 Å². The zero-order chi connectivity index (χ0) is 19.3. The van der Waals surface area contributed by atoms with Gasteiger partial charge < -0.3 is 10.2 Å². The molecular weight excluding hydrogens is 424 g/mol. The molecule has 4 rings (SSSR count). The standard InChI is InChI=1S/C20H13Cl4N3/c1-27(19-17(23)13(21)9-14(22)18(19)24)20(25)26-15-8-6-11-4-2-3-10-5-7-12(15)16(10)11/h2-9H,1H3,(H2,25,26). The van der Waals surface area contributed by atoms with Gasteiger partial charge in [0.2, 0.25) is 0 Å². The molecule has 3 nitrogen and oxygen atoms in total. The van der Waals surface area contributed by atoms with Crippen molar-refractivity contribution in [2.24, 2.45) is 0 Å². The summed E-state index contributed by atoms with van der Waals surface area (Å²) >= 11 is 24.8. The molecule has 3 aromatic rings. The molecule has 2 N–H and O–H groups in total. The highest BCUT2D eigenvalue weighted by Gasteiger charge is 2.21. The van der Waals surface area contributed by atoms with Crippen LogP contribution in [0.5, 0.6) is 0 Å². The Labute approximate surface area is 176 Å². The van der Waals surface area contributed by atoms with Crippen LogP contribution < -0.4 is 10.2 Å². The summed E-state index contributed by atoms with van der Waals surface area (Å²) in [5, 5.41) is 15.0. The van der Waals surface area contributed by atoms with Crippen molar-refractivity contribution in [3.8, 4) is 0 Å². The van der Waals surface area contributed by atoms with Crippen molar-refractivity contribution in [2.75, 3.05) is 17.3 Å². The van der Waals surface area contributed by atoms with Gasteiger partial charge in [-0.15, -0.1) is 0 Å². The lowest BCUT2D eigenvalue weighted by atomic mass is 10.0. The minimum atomic E-state index is 0.0884. The Balaban J connectivity index is 1.71. The molecular formula is C20H13Cl4N3. The van der Waals surface area contributed by atoms with Gasteiger partial charge in [-0.05, 0) is 28.5 Å². The van der Waals surface area contributed by atoms with Gasteiger partial charge >= 0.3 is 0 Å². The highest BCUT2D eigenvalue weighted by molar-refractivity contribution is 6.50. The first-order valence-corrected chi connectivity index (χ1v) is 9.55. The Morgan fingerprint density at radius 1 is 0.963 bits per heavy atom. The van der Waals surface area contributed by atoms with E-state index in [0.29, 0.717) is 5.69 Å². The second kappa shape index (κ2) is 6.92. The number of anilines is 2. The van der Waals surface area contributed by atoms with Crippen LogP contribution >= 0.6 is 46.4 Å². The summed E-state index contributed by atoms with van der Waals surface area (Å²) in [7, 11) is 1.68. The quantitative estimate of drug-likeness (QED) is 0.195. The minimum absolute atomic E-state index is 0.0884. The first kappa shape index (κ1) is 18.5. The van der Waals surface area contributed by atoms with Crippen molar-refractivity contribution < 1.29 is 0 Å². The first-order chi connectivity index (χ1) is 12.9. The highest BCUT2D eigenvalue weighted by atomic mass is 35.5. The average Bonchev–Trinajstić information content (AvgIpc) is 3.08. The predicted octanol–water partition coefficient (Wildman–Crippen LogP) is 7.42. The monoisotopic (exact) mass is 435 g/mol. The Bertz CT molecular complexity index is 1110. The molecule has 1 aliphatic rings. The van der Waals surface area contributed by atoms with Crippen molar-refractivity contribution in [2.45, 2.75) is 0 Å². The Morgan fingerprint density at radius 3 is 2.37 bits per heavy atom. The molecule has 7 heteroatoms. The molecule has 0 bridgehead atoms.